The highest BCUT2D eigenvalue weighted by Crippen LogP contribution is 2.30. The number of ether oxygens (including phenoxy) is 1. The lowest BCUT2D eigenvalue weighted by Gasteiger charge is -2.27. The van der Waals surface area contributed by atoms with E-state index in [0.717, 1.165) is 18.4 Å². The fraction of sp³-hybridized carbons (Fsp3) is 0.923. The van der Waals surface area contributed by atoms with Gasteiger partial charge in [0.25, 0.3) is 0 Å². The second-order valence-electron chi connectivity index (χ2n) is 5.13. The van der Waals surface area contributed by atoms with Crippen molar-refractivity contribution in [3.8, 4) is 0 Å². The number of methoxy groups -OCH3 is 1. The van der Waals surface area contributed by atoms with Crippen molar-refractivity contribution in [2.75, 3.05) is 13.7 Å². The standard InChI is InChI=1S/C13H25NO2/c1-10-5-4-6-12(9-10)7-8-14-11(2)13(15)16-3/h10-12,14H,4-9H2,1-3H3. The molecule has 3 heteroatoms. The maximum atomic E-state index is 11.2. The van der Waals surface area contributed by atoms with Crippen molar-refractivity contribution in [1.29, 1.82) is 0 Å². The van der Waals surface area contributed by atoms with Crippen LogP contribution in [0.25, 0.3) is 0 Å². The topological polar surface area (TPSA) is 38.3 Å². The zero-order chi connectivity index (χ0) is 12.0. The molecule has 0 saturated heterocycles. The van der Waals surface area contributed by atoms with E-state index < -0.39 is 0 Å². The molecule has 1 N–H and O–H groups in total. The Kier molecular flexibility index (Phi) is 5.81. The molecule has 0 bridgehead atoms. The van der Waals surface area contributed by atoms with Crippen molar-refractivity contribution in [3.63, 3.8) is 0 Å². The monoisotopic (exact) mass is 227 g/mol. The summed E-state index contributed by atoms with van der Waals surface area (Å²) < 4.78 is 4.67. The summed E-state index contributed by atoms with van der Waals surface area (Å²) in [4.78, 5) is 11.2. The molecule has 1 rings (SSSR count). The van der Waals surface area contributed by atoms with Gasteiger partial charge in [0.1, 0.15) is 6.04 Å². The summed E-state index contributed by atoms with van der Waals surface area (Å²) >= 11 is 0. The zero-order valence-corrected chi connectivity index (χ0v) is 10.8. The van der Waals surface area contributed by atoms with Crippen molar-refractivity contribution in [2.45, 2.75) is 52.0 Å². The first kappa shape index (κ1) is 13.5. The van der Waals surface area contributed by atoms with Crippen LogP contribution >= 0.6 is 0 Å². The van der Waals surface area contributed by atoms with Crippen molar-refractivity contribution in [2.24, 2.45) is 11.8 Å². The molecule has 0 aromatic rings. The molecule has 3 unspecified atom stereocenters. The van der Waals surface area contributed by atoms with Crippen LogP contribution in [0.4, 0.5) is 0 Å². The second-order valence-corrected chi connectivity index (χ2v) is 5.13. The van der Waals surface area contributed by atoms with E-state index in [4.69, 9.17) is 0 Å². The lowest BCUT2D eigenvalue weighted by Crippen LogP contribution is -2.36. The molecule has 0 spiro atoms. The normalized spacial score (nSPS) is 27.4. The molecule has 0 aliphatic heterocycles. The number of esters is 1. The molecule has 16 heavy (non-hydrogen) atoms. The Hall–Kier alpha value is -0.570. The minimum absolute atomic E-state index is 0.169. The van der Waals surface area contributed by atoms with Crippen molar-refractivity contribution in [1.82, 2.24) is 5.32 Å². The van der Waals surface area contributed by atoms with Crippen LogP contribution in [-0.4, -0.2) is 25.7 Å². The number of carbonyl (C=O) groups excluding carboxylic acids is 1. The van der Waals surface area contributed by atoms with Crippen LogP contribution in [0.1, 0.15) is 46.0 Å². The quantitative estimate of drug-likeness (QED) is 0.733. The van der Waals surface area contributed by atoms with Crippen LogP contribution in [0, 0.1) is 11.8 Å². The summed E-state index contributed by atoms with van der Waals surface area (Å²) in [6.45, 7) is 5.12. The van der Waals surface area contributed by atoms with Crippen LogP contribution in [0.2, 0.25) is 0 Å². The van der Waals surface area contributed by atoms with Crippen molar-refractivity contribution >= 4 is 5.97 Å². The lowest BCUT2D eigenvalue weighted by molar-refractivity contribution is -0.142. The SMILES string of the molecule is COC(=O)C(C)NCCC1CCCC(C)C1. The third-order valence-electron chi connectivity index (χ3n) is 3.60. The average Bonchev–Trinajstić information content (AvgIpc) is 2.28. The van der Waals surface area contributed by atoms with E-state index in [9.17, 15) is 4.79 Å². The molecule has 1 fully saturated rings. The van der Waals surface area contributed by atoms with Crippen LogP contribution < -0.4 is 5.32 Å². The highest BCUT2D eigenvalue weighted by Gasteiger charge is 2.19. The molecule has 94 valence electrons. The fourth-order valence-electron chi connectivity index (χ4n) is 2.59. The van der Waals surface area contributed by atoms with Crippen LogP contribution in [0.15, 0.2) is 0 Å². The summed E-state index contributed by atoms with van der Waals surface area (Å²) in [7, 11) is 1.43. The van der Waals surface area contributed by atoms with Crippen LogP contribution in [-0.2, 0) is 9.53 Å². The van der Waals surface area contributed by atoms with E-state index in [2.05, 4.69) is 17.0 Å². The van der Waals surface area contributed by atoms with Gasteiger partial charge in [0.15, 0.2) is 0 Å². The van der Waals surface area contributed by atoms with E-state index in [1.165, 1.54) is 39.2 Å². The van der Waals surface area contributed by atoms with Gasteiger partial charge in [-0.1, -0.05) is 26.2 Å². The summed E-state index contributed by atoms with van der Waals surface area (Å²) in [6, 6.07) is -0.175. The molecular formula is C13H25NO2. The molecule has 1 aliphatic rings. The van der Waals surface area contributed by atoms with Gasteiger partial charge >= 0.3 is 5.97 Å². The Bertz CT molecular complexity index is 218. The maximum Gasteiger partial charge on any atom is 0.322 e. The van der Waals surface area contributed by atoms with Gasteiger partial charge in [-0.3, -0.25) is 4.79 Å². The molecule has 0 heterocycles. The highest BCUT2D eigenvalue weighted by molar-refractivity contribution is 5.74. The van der Waals surface area contributed by atoms with Gasteiger partial charge < -0.3 is 10.1 Å². The maximum absolute atomic E-state index is 11.2. The minimum Gasteiger partial charge on any atom is -0.468 e. The van der Waals surface area contributed by atoms with Crippen LogP contribution in [0.3, 0.4) is 0 Å². The Morgan fingerprint density at radius 2 is 2.25 bits per heavy atom. The first-order chi connectivity index (χ1) is 7.63. The average molecular weight is 227 g/mol. The first-order valence-electron chi connectivity index (χ1n) is 6.44. The van der Waals surface area contributed by atoms with Crippen molar-refractivity contribution in [3.05, 3.63) is 0 Å². The molecule has 0 radical (unpaired) electrons. The number of rotatable bonds is 5. The molecule has 0 aromatic heterocycles. The summed E-state index contributed by atoms with van der Waals surface area (Å²) in [5.74, 6) is 1.56. The van der Waals surface area contributed by atoms with Crippen LogP contribution in [0.5, 0.6) is 0 Å². The molecular weight excluding hydrogens is 202 g/mol. The van der Waals surface area contributed by atoms with Crippen molar-refractivity contribution < 1.29 is 9.53 Å². The number of nitrogens with one attached hydrogen (secondary N) is 1. The van der Waals surface area contributed by atoms with Gasteiger partial charge in [0.05, 0.1) is 7.11 Å². The van der Waals surface area contributed by atoms with Gasteiger partial charge in [0, 0.05) is 0 Å². The van der Waals surface area contributed by atoms with E-state index >= 15 is 0 Å². The minimum atomic E-state index is -0.175. The molecule has 0 amide bonds. The van der Waals surface area contributed by atoms with Gasteiger partial charge in [-0.25, -0.2) is 0 Å². The fourth-order valence-corrected chi connectivity index (χ4v) is 2.59. The Labute approximate surface area is 98.9 Å². The summed E-state index contributed by atoms with van der Waals surface area (Å²) in [5.41, 5.74) is 0. The summed E-state index contributed by atoms with van der Waals surface area (Å²) in [6.07, 6.45) is 6.67. The lowest BCUT2D eigenvalue weighted by atomic mass is 9.81. The second kappa shape index (κ2) is 6.89. The van der Waals surface area contributed by atoms with Gasteiger partial charge in [0.2, 0.25) is 0 Å². The van der Waals surface area contributed by atoms with E-state index in [-0.39, 0.29) is 12.0 Å². The van der Waals surface area contributed by atoms with E-state index in [1.807, 2.05) is 6.92 Å². The van der Waals surface area contributed by atoms with E-state index in [0.29, 0.717) is 0 Å². The largest absolute Gasteiger partial charge is 0.468 e. The predicted octanol–water partition coefficient (Wildman–Crippen LogP) is 2.35. The molecule has 3 atom stereocenters. The third kappa shape index (κ3) is 4.52. The Balaban J connectivity index is 2.12. The van der Waals surface area contributed by atoms with Gasteiger partial charge in [-0.05, 0) is 38.1 Å². The predicted molar refractivity (Wildman–Crippen MR) is 65.2 cm³/mol. The van der Waals surface area contributed by atoms with Gasteiger partial charge in [-0.2, -0.15) is 0 Å². The summed E-state index contributed by atoms with van der Waals surface area (Å²) in [5, 5.41) is 3.22. The van der Waals surface area contributed by atoms with Gasteiger partial charge in [-0.15, -0.1) is 0 Å². The molecule has 3 nitrogen and oxygen atoms in total. The third-order valence-corrected chi connectivity index (χ3v) is 3.60. The molecule has 1 aliphatic carbocycles. The smallest absolute Gasteiger partial charge is 0.322 e. The number of carbonyl (C=O) groups is 1. The Morgan fingerprint density at radius 3 is 2.88 bits per heavy atom. The van der Waals surface area contributed by atoms with E-state index in [1.54, 1.807) is 0 Å². The number of hydrogen-bond acceptors (Lipinski definition) is 3. The highest BCUT2D eigenvalue weighted by atomic mass is 16.5. The Morgan fingerprint density at radius 1 is 1.50 bits per heavy atom. The molecule has 1 saturated carbocycles. The zero-order valence-electron chi connectivity index (χ0n) is 10.8. The first-order valence-corrected chi connectivity index (χ1v) is 6.44. The molecule has 0 aromatic carbocycles. The number of hydrogen-bond donors (Lipinski definition) is 1.